The molecule has 2 aliphatic heterocycles. The molecule has 44 heavy (non-hydrogen) atoms. The second kappa shape index (κ2) is 14.5. The van der Waals surface area contributed by atoms with Gasteiger partial charge in [-0.3, -0.25) is 14.5 Å². The van der Waals surface area contributed by atoms with E-state index >= 15 is 0 Å². The van der Waals surface area contributed by atoms with Gasteiger partial charge < -0.3 is 19.9 Å². The van der Waals surface area contributed by atoms with Crippen molar-refractivity contribution in [3.8, 4) is 6.07 Å². The molecule has 2 fully saturated rings. The highest BCUT2D eigenvalue weighted by molar-refractivity contribution is 6.76. The van der Waals surface area contributed by atoms with Gasteiger partial charge in [0.2, 0.25) is 5.91 Å². The van der Waals surface area contributed by atoms with E-state index in [-0.39, 0.29) is 37.3 Å². The number of rotatable bonds is 12. The number of carbonyl (C=O) groups is 1. The molecule has 4 heterocycles. The Bertz CT molecular complexity index is 1370. The Morgan fingerprint density at radius 2 is 1.91 bits per heavy atom. The summed E-state index contributed by atoms with van der Waals surface area (Å²) in [6, 6.07) is 6.07. The minimum absolute atomic E-state index is 0.173. The van der Waals surface area contributed by atoms with E-state index in [1.165, 1.54) is 0 Å². The van der Waals surface area contributed by atoms with Gasteiger partial charge in [0.1, 0.15) is 24.2 Å². The van der Waals surface area contributed by atoms with Gasteiger partial charge in [-0.2, -0.15) is 23.5 Å². The van der Waals surface area contributed by atoms with Gasteiger partial charge in [0.25, 0.3) is 5.56 Å². The van der Waals surface area contributed by atoms with E-state index in [1.807, 2.05) is 6.07 Å². The summed E-state index contributed by atoms with van der Waals surface area (Å²) in [6.45, 7) is 10.6. The first-order chi connectivity index (χ1) is 20.9. The molecule has 0 aliphatic carbocycles. The number of anilines is 2. The van der Waals surface area contributed by atoms with E-state index in [4.69, 9.17) is 10.00 Å². The highest BCUT2D eigenvalue weighted by atomic mass is 28.3. The molecule has 15 heteroatoms. The zero-order chi connectivity index (χ0) is 31.9. The second-order valence-corrected chi connectivity index (χ2v) is 18.1. The lowest BCUT2D eigenvalue weighted by atomic mass is 10.1. The number of halogens is 3. The van der Waals surface area contributed by atoms with Crippen LogP contribution in [0.15, 0.2) is 29.3 Å². The number of carbonyl (C=O) groups excluding carboxylic acids is 1. The van der Waals surface area contributed by atoms with Crippen LogP contribution >= 0.6 is 0 Å². The zero-order valence-corrected chi connectivity index (χ0v) is 26.6. The highest BCUT2D eigenvalue weighted by Crippen LogP contribution is 2.36. The van der Waals surface area contributed by atoms with E-state index in [0.29, 0.717) is 38.1 Å². The molecule has 2 aromatic rings. The first-order valence-electron chi connectivity index (χ1n) is 15.0. The molecule has 1 unspecified atom stereocenters. The molecule has 2 aliphatic rings. The normalized spacial score (nSPS) is 18.0. The van der Waals surface area contributed by atoms with Gasteiger partial charge in [-0.05, 0) is 31.0 Å². The summed E-state index contributed by atoms with van der Waals surface area (Å²) < 4.78 is 48.7. The predicted molar refractivity (Wildman–Crippen MR) is 163 cm³/mol. The minimum Gasteiger partial charge on any atom is -0.365 e. The molecule has 240 valence electrons. The summed E-state index contributed by atoms with van der Waals surface area (Å²) in [5.74, 6) is 0.641. The topological polar surface area (TPSA) is 120 Å². The van der Waals surface area contributed by atoms with Crippen LogP contribution in [0.3, 0.4) is 0 Å². The lowest BCUT2D eigenvalue weighted by molar-refractivity contribution is -0.139. The quantitative estimate of drug-likeness (QED) is 0.278. The zero-order valence-electron chi connectivity index (χ0n) is 25.6. The van der Waals surface area contributed by atoms with E-state index in [1.54, 1.807) is 17.2 Å². The van der Waals surface area contributed by atoms with Gasteiger partial charge in [0, 0.05) is 79.2 Å². The molecule has 1 amide bonds. The molecule has 2 aromatic heterocycles. The number of pyridine rings is 1. The average molecular weight is 635 g/mol. The summed E-state index contributed by atoms with van der Waals surface area (Å²) in [5, 5.41) is 15.8. The molecule has 4 rings (SSSR count). The van der Waals surface area contributed by atoms with Crippen LogP contribution in [-0.2, 0) is 22.4 Å². The van der Waals surface area contributed by atoms with Crippen molar-refractivity contribution in [1.29, 1.82) is 5.26 Å². The summed E-state index contributed by atoms with van der Waals surface area (Å²) in [6.07, 6.45) is -0.723. The Hall–Kier alpha value is -3.48. The summed E-state index contributed by atoms with van der Waals surface area (Å²) >= 11 is 0. The molecule has 0 bridgehead atoms. The molecule has 2 saturated heterocycles. The molecular formula is C29H41F3N8O3Si. The maximum atomic E-state index is 14.2. The number of aromatic nitrogens is 3. The van der Waals surface area contributed by atoms with Gasteiger partial charge in [0.15, 0.2) is 0 Å². The molecule has 0 saturated carbocycles. The van der Waals surface area contributed by atoms with Crippen molar-refractivity contribution in [1.82, 2.24) is 25.0 Å². The van der Waals surface area contributed by atoms with Crippen molar-refractivity contribution < 1.29 is 22.7 Å². The van der Waals surface area contributed by atoms with Crippen LogP contribution in [-0.4, -0.2) is 92.1 Å². The Kier molecular flexibility index (Phi) is 11.0. The Morgan fingerprint density at radius 3 is 2.55 bits per heavy atom. The van der Waals surface area contributed by atoms with Crippen molar-refractivity contribution >= 4 is 25.5 Å². The molecular weight excluding hydrogens is 593 g/mol. The van der Waals surface area contributed by atoms with E-state index < -0.39 is 25.4 Å². The Balaban J connectivity index is 1.29. The summed E-state index contributed by atoms with van der Waals surface area (Å²) in [7, 11) is -1.39. The van der Waals surface area contributed by atoms with Gasteiger partial charge >= 0.3 is 6.18 Å². The van der Waals surface area contributed by atoms with Crippen LogP contribution in [0.5, 0.6) is 0 Å². The third-order valence-corrected chi connectivity index (χ3v) is 9.67. The van der Waals surface area contributed by atoms with Crippen molar-refractivity contribution in [2.24, 2.45) is 0 Å². The smallest absolute Gasteiger partial charge is 0.365 e. The molecule has 11 nitrogen and oxygen atoms in total. The summed E-state index contributed by atoms with van der Waals surface area (Å²) in [4.78, 5) is 35.8. The average Bonchev–Trinajstić information content (AvgIpc) is 3.45. The standard InChI is InChI=1S/C29H41F3N8O3Si/c1-44(2,3)16-15-43-21-40-28(42)27(29(30,31)32)24(20-36-40)39-9-4-5-23(39)19-35-26(41)8-10-37-11-13-38(14-12-37)25-7-6-22(17-33)18-34-25/h6-7,18,20,23H,4-5,8-16,19,21H2,1-3H3,(H,35,41). The number of alkyl halides is 3. The van der Waals surface area contributed by atoms with Gasteiger partial charge in [-0.25, -0.2) is 9.67 Å². The fraction of sp³-hybridized carbons (Fsp3) is 0.621. The van der Waals surface area contributed by atoms with Crippen LogP contribution in [0.1, 0.15) is 30.4 Å². The third-order valence-electron chi connectivity index (χ3n) is 7.97. The number of hydrogen-bond acceptors (Lipinski definition) is 9. The number of piperazine rings is 1. The van der Waals surface area contributed by atoms with Gasteiger partial charge in [0.05, 0.1) is 17.4 Å². The first kappa shape index (κ1) is 33.4. The van der Waals surface area contributed by atoms with Crippen LogP contribution in [0.25, 0.3) is 0 Å². The Labute approximate surface area is 256 Å². The first-order valence-corrected chi connectivity index (χ1v) is 18.7. The van der Waals surface area contributed by atoms with Crippen LogP contribution < -0.4 is 20.7 Å². The third kappa shape index (κ3) is 9.02. The van der Waals surface area contributed by atoms with Crippen molar-refractivity contribution in [2.45, 2.75) is 63.9 Å². The van der Waals surface area contributed by atoms with E-state index in [0.717, 1.165) is 48.9 Å². The monoisotopic (exact) mass is 634 g/mol. The van der Waals surface area contributed by atoms with Gasteiger partial charge in [-0.1, -0.05) is 19.6 Å². The number of nitrogens with zero attached hydrogens (tertiary/aromatic N) is 7. The lowest BCUT2D eigenvalue weighted by Crippen LogP contribution is -2.48. The van der Waals surface area contributed by atoms with E-state index in [2.05, 4.69) is 50.9 Å². The minimum atomic E-state index is -4.87. The number of nitriles is 1. The molecule has 0 radical (unpaired) electrons. The van der Waals surface area contributed by atoms with Gasteiger partial charge in [-0.15, -0.1) is 0 Å². The molecule has 0 aromatic carbocycles. The predicted octanol–water partition coefficient (Wildman–Crippen LogP) is 3.14. The number of nitrogens with one attached hydrogen (secondary N) is 1. The van der Waals surface area contributed by atoms with Crippen LogP contribution in [0.4, 0.5) is 24.7 Å². The Morgan fingerprint density at radius 1 is 1.16 bits per heavy atom. The maximum Gasteiger partial charge on any atom is 0.423 e. The molecule has 0 spiro atoms. The largest absolute Gasteiger partial charge is 0.423 e. The fourth-order valence-electron chi connectivity index (χ4n) is 5.37. The number of ether oxygens (including phenoxy) is 1. The molecule has 1 N–H and O–H groups in total. The van der Waals surface area contributed by atoms with Crippen molar-refractivity contribution in [3.05, 3.63) is 46.0 Å². The fourth-order valence-corrected chi connectivity index (χ4v) is 6.13. The summed E-state index contributed by atoms with van der Waals surface area (Å²) in [5.41, 5.74) is -2.23. The highest BCUT2D eigenvalue weighted by Gasteiger charge is 2.41. The van der Waals surface area contributed by atoms with Crippen LogP contribution in [0, 0.1) is 11.3 Å². The SMILES string of the molecule is C[Si](C)(C)CCOCn1ncc(N2CCCC2CNC(=O)CCN2CCN(c3ccc(C#N)cn3)CC2)c(C(F)(F)F)c1=O. The van der Waals surface area contributed by atoms with E-state index in [9.17, 15) is 22.8 Å². The maximum absolute atomic E-state index is 14.2. The van der Waals surface area contributed by atoms with Crippen LogP contribution in [0.2, 0.25) is 25.7 Å². The van der Waals surface area contributed by atoms with Crippen molar-refractivity contribution in [2.75, 3.05) is 62.2 Å². The number of hydrogen-bond donors (Lipinski definition) is 1. The molecule has 1 atom stereocenters. The second-order valence-electron chi connectivity index (χ2n) is 12.4. The number of amides is 1. The van der Waals surface area contributed by atoms with Crippen molar-refractivity contribution in [3.63, 3.8) is 0 Å². The lowest BCUT2D eigenvalue weighted by Gasteiger charge is -2.35.